The lowest BCUT2D eigenvalue weighted by Crippen LogP contribution is -2.27. The molecule has 1 unspecified atom stereocenters. The highest BCUT2D eigenvalue weighted by Crippen LogP contribution is 2.15. The van der Waals surface area contributed by atoms with Crippen molar-refractivity contribution in [2.45, 2.75) is 11.1 Å². The number of thioether (sulfide) groups is 1. The van der Waals surface area contributed by atoms with E-state index >= 15 is 0 Å². The standard InChI is InChI=1S/C4H9NS2/c6-4-5-2-1-3-7-4/h4-6H,1-3H2. The smallest absolute Gasteiger partial charge is 0.0973 e. The van der Waals surface area contributed by atoms with Crippen LogP contribution in [0.3, 0.4) is 0 Å². The molecule has 1 aliphatic rings. The Hall–Kier alpha value is 0.660. The van der Waals surface area contributed by atoms with E-state index in [4.69, 9.17) is 0 Å². The van der Waals surface area contributed by atoms with Crippen molar-refractivity contribution in [1.82, 2.24) is 5.32 Å². The molecule has 0 aliphatic carbocycles. The lowest BCUT2D eigenvalue weighted by Gasteiger charge is -2.16. The van der Waals surface area contributed by atoms with Gasteiger partial charge in [0.1, 0.15) is 0 Å². The largest absolute Gasteiger partial charge is 0.297 e. The molecule has 1 heterocycles. The van der Waals surface area contributed by atoms with Gasteiger partial charge < -0.3 is 0 Å². The van der Waals surface area contributed by atoms with E-state index in [1.807, 2.05) is 11.8 Å². The molecule has 1 rings (SSSR count). The Morgan fingerprint density at radius 1 is 1.71 bits per heavy atom. The van der Waals surface area contributed by atoms with Crippen LogP contribution >= 0.6 is 24.4 Å². The van der Waals surface area contributed by atoms with E-state index in [1.54, 1.807) is 0 Å². The SMILES string of the molecule is SC1NCCCS1. The minimum absolute atomic E-state index is 0.397. The molecule has 1 fully saturated rings. The van der Waals surface area contributed by atoms with Crippen molar-refractivity contribution in [2.24, 2.45) is 0 Å². The fourth-order valence-corrected chi connectivity index (χ4v) is 1.77. The molecule has 0 aromatic rings. The summed E-state index contributed by atoms with van der Waals surface area (Å²) in [5, 5.41) is 3.21. The summed E-state index contributed by atoms with van der Waals surface area (Å²) in [6, 6.07) is 0. The fraction of sp³-hybridized carbons (Fsp3) is 1.00. The molecule has 1 N–H and O–H groups in total. The highest BCUT2D eigenvalue weighted by Gasteiger charge is 2.05. The summed E-state index contributed by atoms with van der Waals surface area (Å²) in [7, 11) is 0. The van der Waals surface area contributed by atoms with E-state index in [1.165, 1.54) is 12.2 Å². The average molecular weight is 135 g/mol. The van der Waals surface area contributed by atoms with Crippen LogP contribution in [0.2, 0.25) is 0 Å². The molecule has 0 bridgehead atoms. The van der Waals surface area contributed by atoms with Gasteiger partial charge in [0.2, 0.25) is 0 Å². The summed E-state index contributed by atoms with van der Waals surface area (Å²) in [5.74, 6) is 1.27. The summed E-state index contributed by atoms with van der Waals surface area (Å²) in [4.78, 5) is 0. The molecule has 0 aromatic carbocycles. The number of hydrogen-bond donors (Lipinski definition) is 2. The molecule has 0 amide bonds. The first-order chi connectivity index (χ1) is 3.39. The maximum atomic E-state index is 4.21. The Balaban J connectivity index is 2.12. The Kier molecular flexibility index (Phi) is 2.35. The summed E-state index contributed by atoms with van der Waals surface area (Å²) < 4.78 is 0.397. The van der Waals surface area contributed by atoms with Crippen molar-refractivity contribution in [3.63, 3.8) is 0 Å². The quantitative estimate of drug-likeness (QED) is 0.479. The van der Waals surface area contributed by atoms with Gasteiger partial charge in [-0.05, 0) is 18.7 Å². The van der Waals surface area contributed by atoms with Crippen molar-refractivity contribution in [3.05, 3.63) is 0 Å². The van der Waals surface area contributed by atoms with Crippen LogP contribution in [0.1, 0.15) is 6.42 Å². The van der Waals surface area contributed by atoms with Gasteiger partial charge in [0.15, 0.2) is 0 Å². The molecule has 0 aromatic heterocycles. The minimum atomic E-state index is 0.397. The van der Waals surface area contributed by atoms with Gasteiger partial charge in [-0.3, -0.25) is 5.32 Å². The number of hydrogen-bond acceptors (Lipinski definition) is 3. The fourth-order valence-electron chi connectivity index (χ4n) is 0.552. The van der Waals surface area contributed by atoms with Crippen LogP contribution in [0.15, 0.2) is 0 Å². The van der Waals surface area contributed by atoms with Gasteiger partial charge in [-0.2, -0.15) is 0 Å². The normalized spacial score (nSPS) is 33.0. The Morgan fingerprint density at radius 2 is 2.57 bits per heavy atom. The predicted molar refractivity (Wildman–Crippen MR) is 37.9 cm³/mol. The van der Waals surface area contributed by atoms with Crippen molar-refractivity contribution in [1.29, 1.82) is 0 Å². The monoisotopic (exact) mass is 135 g/mol. The molecule has 1 nitrogen and oxygen atoms in total. The van der Waals surface area contributed by atoms with Crippen molar-refractivity contribution >= 4 is 24.4 Å². The van der Waals surface area contributed by atoms with E-state index in [0.29, 0.717) is 4.71 Å². The van der Waals surface area contributed by atoms with E-state index in [9.17, 15) is 0 Å². The molecule has 0 saturated carbocycles. The van der Waals surface area contributed by atoms with Gasteiger partial charge in [0.25, 0.3) is 0 Å². The van der Waals surface area contributed by atoms with E-state index in [2.05, 4.69) is 17.9 Å². The number of nitrogens with one attached hydrogen (secondary N) is 1. The molecular formula is C4H9NS2. The highest BCUT2D eigenvalue weighted by molar-refractivity contribution is 8.10. The number of thiol groups is 1. The maximum absolute atomic E-state index is 4.21. The summed E-state index contributed by atoms with van der Waals surface area (Å²) in [5.41, 5.74) is 0. The van der Waals surface area contributed by atoms with Crippen LogP contribution in [0.25, 0.3) is 0 Å². The molecule has 7 heavy (non-hydrogen) atoms. The van der Waals surface area contributed by atoms with E-state index in [0.717, 1.165) is 6.54 Å². The van der Waals surface area contributed by atoms with Gasteiger partial charge >= 0.3 is 0 Å². The Bertz CT molecular complexity index is 51.7. The third kappa shape index (κ3) is 1.93. The first kappa shape index (κ1) is 5.79. The van der Waals surface area contributed by atoms with Crippen LogP contribution in [0, 0.1) is 0 Å². The lowest BCUT2D eigenvalue weighted by molar-refractivity contribution is 0.719. The summed E-state index contributed by atoms with van der Waals surface area (Å²) in [6.45, 7) is 1.14. The summed E-state index contributed by atoms with van der Waals surface area (Å²) in [6.07, 6.45) is 1.29. The molecule has 1 saturated heterocycles. The molecule has 0 radical (unpaired) electrons. The molecule has 3 heteroatoms. The van der Waals surface area contributed by atoms with Gasteiger partial charge in [-0.1, -0.05) is 0 Å². The molecule has 42 valence electrons. The second-order valence-electron chi connectivity index (χ2n) is 1.53. The van der Waals surface area contributed by atoms with Crippen molar-refractivity contribution in [3.8, 4) is 0 Å². The average Bonchev–Trinajstić information content (AvgIpc) is 1.69. The second-order valence-corrected chi connectivity index (χ2v) is 3.61. The van der Waals surface area contributed by atoms with Crippen LogP contribution < -0.4 is 5.32 Å². The first-order valence-corrected chi connectivity index (χ1v) is 3.99. The first-order valence-electron chi connectivity index (χ1n) is 2.42. The third-order valence-electron chi connectivity index (χ3n) is 0.916. The van der Waals surface area contributed by atoms with E-state index in [-0.39, 0.29) is 0 Å². The van der Waals surface area contributed by atoms with Crippen LogP contribution in [0.5, 0.6) is 0 Å². The van der Waals surface area contributed by atoms with E-state index < -0.39 is 0 Å². The van der Waals surface area contributed by atoms with Crippen LogP contribution in [0.4, 0.5) is 0 Å². The van der Waals surface area contributed by atoms with Crippen molar-refractivity contribution < 1.29 is 0 Å². The summed E-state index contributed by atoms with van der Waals surface area (Å²) >= 11 is 6.08. The zero-order valence-corrected chi connectivity index (χ0v) is 5.77. The van der Waals surface area contributed by atoms with Gasteiger partial charge in [-0.25, -0.2) is 0 Å². The topological polar surface area (TPSA) is 12.0 Å². The number of rotatable bonds is 0. The zero-order valence-electron chi connectivity index (χ0n) is 4.05. The Morgan fingerprint density at radius 3 is 2.86 bits per heavy atom. The second kappa shape index (κ2) is 2.84. The molecule has 1 aliphatic heterocycles. The van der Waals surface area contributed by atoms with Gasteiger partial charge in [-0.15, -0.1) is 24.4 Å². The maximum Gasteiger partial charge on any atom is 0.0973 e. The lowest BCUT2D eigenvalue weighted by atomic mass is 10.5. The third-order valence-corrected chi connectivity index (χ3v) is 2.55. The van der Waals surface area contributed by atoms with Crippen LogP contribution in [-0.2, 0) is 0 Å². The minimum Gasteiger partial charge on any atom is -0.297 e. The molecule has 0 spiro atoms. The highest BCUT2D eigenvalue weighted by atomic mass is 32.2. The molecule has 1 atom stereocenters. The predicted octanol–water partition coefficient (Wildman–Crippen LogP) is 0.926. The van der Waals surface area contributed by atoms with Gasteiger partial charge in [0, 0.05) is 0 Å². The van der Waals surface area contributed by atoms with Crippen LogP contribution in [-0.4, -0.2) is 17.0 Å². The Labute approximate surface area is 53.7 Å². The van der Waals surface area contributed by atoms with Crippen molar-refractivity contribution in [2.75, 3.05) is 12.3 Å². The van der Waals surface area contributed by atoms with Gasteiger partial charge in [0.05, 0.1) is 4.71 Å². The molecular weight excluding hydrogens is 126 g/mol. The zero-order chi connectivity index (χ0) is 5.11.